The van der Waals surface area contributed by atoms with Gasteiger partial charge in [0.25, 0.3) is 0 Å². The molecule has 1 rings (SSSR count). The monoisotopic (exact) mass is 214 g/mol. The largest absolute Gasteiger partial charge is 0.0991 e. The lowest BCUT2D eigenvalue weighted by molar-refractivity contribution is 1.45. The molecule has 0 atom stereocenters. The number of rotatable bonds is 3. The zero-order valence-corrected chi connectivity index (χ0v) is 10.8. The van der Waals surface area contributed by atoms with Gasteiger partial charge in [-0.25, -0.2) is 0 Å². The molecular formula is C16H22. The van der Waals surface area contributed by atoms with Gasteiger partial charge < -0.3 is 0 Å². The van der Waals surface area contributed by atoms with Crippen LogP contribution < -0.4 is 0 Å². The van der Waals surface area contributed by atoms with Crippen LogP contribution in [0.1, 0.15) is 31.9 Å². The molecule has 0 bridgehead atoms. The van der Waals surface area contributed by atoms with Crippen molar-refractivity contribution in [1.82, 2.24) is 0 Å². The van der Waals surface area contributed by atoms with Crippen LogP contribution in [0.25, 0.3) is 5.57 Å². The highest BCUT2D eigenvalue weighted by molar-refractivity contribution is 5.74. The number of hydrogen-bond donors (Lipinski definition) is 0. The summed E-state index contributed by atoms with van der Waals surface area (Å²) in [4.78, 5) is 0. The molecule has 0 aliphatic carbocycles. The predicted molar refractivity (Wildman–Crippen MR) is 75.5 cm³/mol. The van der Waals surface area contributed by atoms with Crippen molar-refractivity contribution in [3.8, 4) is 0 Å². The van der Waals surface area contributed by atoms with Crippen LogP contribution in [0.15, 0.2) is 55.1 Å². The van der Waals surface area contributed by atoms with Crippen LogP contribution in [0.5, 0.6) is 0 Å². The van der Waals surface area contributed by atoms with Crippen molar-refractivity contribution >= 4 is 5.57 Å². The SMILES string of the molecule is C=C/C=C\C(=C/C)c1ccc(C)cc1.CC. The van der Waals surface area contributed by atoms with Crippen molar-refractivity contribution in [1.29, 1.82) is 0 Å². The number of benzene rings is 1. The van der Waals surface area contributed by atoms with Gasteiger partial charge in [0.05, 0.1) is 0 Å². The molecule has 0 spiro atoms. The summed E-state index contributed by atoms with van der Waals surface area (Å²) < 4.78 is 0. The molecule has 0 aliphatic rings. The number of aryl methyl sites for hydroxylation is 1. The maximum Gasteiger partial charge on any atom is -0.0187 e. The molecule has 0 aromatic heterocycles. The fraction of sp³-hybridized carbons (Fsp3) is 0.250. The maximum absolute atomic E-state index is 3.66. The van der Waals surface area contributed by atoms with E-state index in [1.165, 1.54) is 16.7 Å². The van der Waals surface area contributed by atoms with Gasteiger partial charge in [0.15, 0.2) is 0 Å². The van der Waals surface area contributed by atoms with Crippen LogP contribution in [0, 0.1) is 6.92 Å². The van der Waals surface area contributed by atoms with Gasteiger partial charge in [-0.1, -0.05) is 74.6 Å². The Bertz CT molecular complexity index is 350. The summed E-state index contributed by atoms with van der Waals surface area (Å²) in [6.07, 6.45) is 7.91. The van der Waals surface area contributed by atoms with Gasteiger partial charge in [0, 0.05) is 0 Å². The Kier molecular flexibility index (Phi) is 7.87. The second kappa shape index (κ2) is 8.72. The summed E-state index contributed by atoms with van der Waals surface area (Å²) >= 11 is 0. The normalized spacial score (nSPS) is 10.9. The van der Waals surface area contributed by atoms with Crippen LogP contribution in [0.4, 0.5) is 0 Å². The minimum atomic E-state index is 1.23. The topological polar surface area (TPSA) is 0 Å². The summed E-state index contributed by atoms with van der Waals surface area (Å²) in [5, 5.41) is 0. The third-order valence-electron chi connectivity index (χ3n) is 2.11. The first-order valence-electron chi connectivity index (χ1n) is 5.80. The van der Waals surface area contributed by atoms with Crippen LogP contribution in [0.2, 0.25) is 0 Å². The van der Waals surface area contributed by atoms with Crippen LogP contribution >= 0.6 is 0 Å². The predicted octanol–water partition coefficient (Wildman–Crippen LogP) is 5.17. The van der Waals surface area contributed by atoms with E-state index in [1.807, 2.05) is 26.8 Å². The van der Waals surface area contributed by atoms with Gasteiger partial charge in [0.1, 0.15) is 0 Å². The second-order valence-electron chi connectivity index (χ2n) is 3.20. The summed E-state index contributed by atoms with van der Waals surface area (Å²) in [6.45, 7) is 11.8. The molecule has 0 fully saturated rings. The van der Waals surface area contributed by atoms with E-state index >= 15 is 0 Å². The van der Waals surface area contributed by atoms with Crippen molar-refractivity contribution in [3.63, 3.8) is 0 Å². The van der Waals surface area contributed by atoms with Crippen LogP contribution in [-0.4, -0.2) is 0 Å². The number of allylic oxidation sites excluding steroid dienone is 5. The molecule has 0 saturated carbocycles. The molecule has 0 heterocycles. The Hall–Kier alpha value is -1.56. The van der Waals surface area contributed by atoms with Gasteiger partial charge in [-0.15, -0.1) is 0 Å². The first kappa shape index (κ1) is 14.4. The Labute approximate surface area is 100 Å². The molecule has 0 unspecified atom stereocenters. The molecule has 0 N–H and O–H groups in total. The Morgan fingerprint density at radius 1 is 1.12 bits per heavy atom. The molecule has 0 aliphatic heterocycles. The zero-order chi connectivity index (χ0) is 12.4. The standard InChI is InChI=1S/C14H16.C2H6/c1-4-6-7-13(5-2)14-10-8-12(3)9-11-14;1-2/h4-11H,1H2,2-3H3;1-2H3/b7-6-,13-5+;. The van der Waals surface area contributed by atoms with Crippen molar-refractivity contribution in [2.24, 2.45) is 0 Å². The molecule has 0 saturated heterocycles. The third kappa shape index (κ3) is 4.79. The molecular weight excluding hydrogens is 192 g/mol. The van der Waals surface area contributed by atoms with E-state index in [0.29, 0.717) is 0 Å². The van der Waals surface area contributed by atoms with Gasteiger partial charge in [0.2, 0.25) is 0 Å². The summed E-state index contributed by atoms with van der Waals surface area (Å²) in [5.41, 5.74) is 3.76. The van der Waals surface area contributed by atoms with Crippen molar-refractivity contribution in [2.45, 2.75) is 27.7 Å². The molecule has 0 nitrogen and oxygen atoms in total. The van der Waals surface area contributed by atoms with Crippen molar-refractivity contribution in [2.75, 3.05) is 0 Å². The molecule has 1 aromatic carbocycles. The minimum absolute atomic E-state index is 1.23. The van der Waals surface area contributed by atoms with E-state index in [1.54, 1.807) is 6.08 Å². The maximum atomic E-state index is 3.66. The number of hydrogen-bond acceptors (Lipinski definition) is 0. The van der Waals surface area contributed by atoms with Crippen molar-refractivity contribution < 1.29 is 0 Å². The Morgan fingerprint density at radius 2 is 1.69 bits per heavy atom. The highest BCUT2D eigenvalue weighted by atomic mass is 14.0. The summed E-state index contributed by atoms with van der Waals surface area (Å²) in [5.74, 6) is 0. The van der Waals surface area contributed by atoms with Crippen molar-refractivity contribution in [3.05, 3.63) is 66.3 Å². The first-order valence-corrected chi connectivity index (χ1v) is 5.80. The van der Waals surface area contributed by atoms with Gasteiger partial charge in [-0.3, -0.25) is 0 Å². The van der Waals surface area contributed by atoms with Crippen LogP contribution in [0.3, 0.4) is 0 Å². The quantitative estimate of drug-likeness (QED) is 0.609. The smallest absolute Gasteiger partial charge is 0.0187 e. The van der Waals surface area contributed by atoms with E-state index in [9.17, 15) is 0 Å². The fourth-order valence-electron chi connectivity index (χ4n) is 1.28. The molecule has 1 aromatic rings. The van der Waals surface area contributed by atoms with E-state index in [4.69, 9.17) is 0 Å². The highest BCUT2D eigenvalue weighted by Gasteiger charge is 1.94. The Balaban J connectivity index is 0.00000106. The molecule has 0 amide bonds. The second-order valence-corrected chi connectivity index (χ2v) is 3.20. The Morgan fingerprint density at radius 3 is 2.12 bits per heavy atom. The van der Waals surface area contributed by atoms with Gasteiger partial charge in [-0.05, 0) is 25.0 Å². The van der Waals surface area contributed by atoms with E-state index in [-0.39, 0.29) is 0 Å². The molecule has 16 heavy (non-hydrogen) atoms. The highest BCUT2D eigenvalue weighted by Crippen LogP contribution is 2.16. The summed E-state index contributed by atoms with van der Waals surface area (Å²) in [6, 6.07) is 8.53. The lowest BCUT2D eigenvalue weighted by Crippen LogP contribution is -1.80. The van der Waals surface area contributed by atoms with E-state index in [2.05, 4.69) is 49.9 Å². The van der Waals surface area contributed by atoms with Crippen LogP contribution in [-0.2, 0) is 0 Å². The van der Waals surface area contributed by atoms with Gasteiger partial charge >= 0.3 is 0 Å². The van der Waals surface area contributed by atoms with E-state index in [0.717, 1.165) is 0 Å². The lowest BCUT2D eigenvalue weighted by atomic mass is 10.0. The average molecular weight is 214 g/mol. The molecule has 0 radical (unpaired) electrons. The average Bonchev–Trinajstić information content (AvgIpc) is 2.35. The van der Waals surface area contributed by atoms with E-state index < -0.39 is 0 Å². The third-order valence-corrected chi connectivity index (χ3v) is 2.11. The van der Waals surface area contributed by atoms with Gasteiger partial charge in [-0.2, -0.15) is 0 Å². The first-order chi connectivity index (χ1) is 7.77. The molecule has 86 valence electrons. The fourth-order valence-corrected chi connectivity index (χ4v) is 1.28. The minimum Gasteiger partial charge on any atom is -0.0991 e. The molecule has 0 heteroatoms. The zero-order valence-electron chi connectivity index (χ0n) is 10.8. The summed E-state index contributed by atoms with van der Waals surface area (Å²) in [7, 11) is 0. The lowest BCUT2D eigenvalue weighted by Gasteiger charge is -2.01.